The minimum atomic E-state index is -0.465. The van der Waals surface area contributed by atoms with Crippen LogP contribution in [0, 0.1) is 0 Å². The van der Waals surface area contributed by atoms with Crippen molar-refractivity contribution >= 4 is 34.0 Å². The molecule has 27 heavy (non-hydrogen) atoms. The highest BCUT2D eigenvalue weighted by Crippen LogP contribution is 2.35. The van der Waals surface area contributed by atoms with E-state index in [-0.39, 0.29) is 24.9 Å². The highest BCUT2D eigenvalue weighted by Gasteiger charge is 2.37. The SMILES string of the molecule is CCOC(=O)Cn1c(C(=O)C2CO2)c(Nc2ccncc2)c2ccccc21. The Kier molecular flexibility index (Phi) is 4.60. The maximum atomic E-state index is 13.0. The van der Waals surface area contributed by atoms with Gasteiger partial charge in [-0.25, -0.2) is 0 Å². The summed E-state index contributed by atoms with van der Waals surface area (Å²) in [6.07, 6.45) is 2.88. The number of Topliss-reactive ketones (excluding diaryl/α,β-unsaturated/α-hetero) is 1. The Morgan fingerprint density at radius 1 is 1.26 bits per heavy atom. The van der Waals surface area contributed by atoms with E-state index in [9.17, 15) is 9.59 Å². The van der Waals surface area contributed by atoms with Gasteiger partial charge in [0.25, 0.3) is 0 Å². The number of epoxide rings is 1. The highest BCUT2D eigenvalue weighted by atomic mass is 16.6. The topological polar surface area (TPSA) is 85.8 Å². The molecule has 4 rings (SSSR count). The van der Waals surface area contributed by atoms with Crippen LogP contribution in [0.25, 0.3) is 10.9 Å². The van der Waals surface area contributed by atoms with Gasteiger partial charge in [0.15, 0.2) is 0 Å². The zero-order valence-corrected chi connectivity index (χ0v) is 14.8. The smallest absolute Gasteiger partial charge is 0.325 e. The number of hydrogen-bond donors (Lipinski definition) is 1. The molecule has 1 aliphatic rings. The molecule has 7 nitrogen and oxygen atoms in total. The molecule has 1 atom stereocenters. The third kappa shape index (κ3) is 3.41. The van der Waals surface area contributed by atoms with Gasteiger partial charge in [0.05, 0.1) is 24.4 Å². The Bertz CT molecular complexity index is 993. The van der Waals surface area contributed by atoms with E-state index in [1.54, 1.807) is 23.9 Å². The largest absolute Gasteiger partial charge is 0.465 e. The van der Waals surface area contributed by atoms with Crippen LogP contribution >= 0.6 is 0 Å². The van der Waals surface area contributed by atoms with E-state index in [0.717, 1.165) is 16.6 Å². The molecular formula is C20H19N3O4. The molecule has 138 valence electrons. The summed E-state index contributed by atoms with van der Waals surface area (Å²) in [7, 11) is 0. The number of nitrogens with one attached hydrogen (secondary N) is 1. The summed E-state index contributed by atoms with van der Waals surface area (Å²) in [6.45, 7) is 2.40. The number of carbonyl (C=O) groups is 2. The summed E-state index contributed by atoms with van der Waals surface area (Å²) in [5.41, 5.74) is 2.66. The predicted octanol–water partition coefficient (Wildman–Crippen LogP) is 2.92. The molecule has 7 heteroatoms. The maximum Gasteiger partial charge on any atom is 0.325 e. The fourth-order valence-electron chi connectivity index (χ4n) is 3.12. The number of para-hydroxylation sites is 1. The van der Waals surface area contributed by atoms with Crippen molar-refractivity contribution in [2.45, 2.75) is 19.6 Å². The molecule has 1 fully saturated rings. The number of carbonyl (C=O) groups excluding carboxylic acids is 2. The lowest BCUT2D eigenvalue weighted by Gasteiger charge is -2.11. The fraction of sp³-hybridized carbons (Fsp3) is 0.250. The van der Waals surface area contributed by atoms with Crippen LogP contribution in [0.4, 0.5) is 11.4 Å². The van der Waals surface area contributed by atoms with Crippen LogP contribution in [-0.4, -0.2) is 40.6 Å². The third-order valence-electron chi connectivity index (χ3n) is 4.37. The van der Waals surface area contributed by atoms with Crippen LogP contribution in [-0.2, 0) is 20.8 Å². The standard InChI is InChI=1S/C20H19N3O4/c1-2-26-17(24)11-23-15-6-4-3-5-14(15)18(19(23)20(25)16-12-27-16)22-13-7-9-21-10-8-13/h3-10,16H,2,11-12H2,1H3,(H,21,22). The van der Waals surface area contributed by atoms with Gasteiger partial charge < -0.3 is 19.4 Å². The first-order valence-electron chi connectivity index (χ1n) is 8.78. The second-order valence-corrected chi connectivity index (χ2v) is 6.18. The van der Waals surface area contributed by atoms with E-state index >= 15 is 0 Å². The minimum absolute atomic E-state index is 0.0415. The van der Waals surface area contributed by atoms with Crippen molar-refractivity contribution in [2.75, 3.05) is 18.5 Å². The monoisotopic (exact) mass is 365 g/mol. The zero-order chi connectivity index (χ0) is 18.8. The van der Waals surface area contributed by atoms with E-state index in [4.69, 9.17) is 9.47 Å². The average Bonchev–Trinajstić information content (AvgIpc) is 3.49. The molecule has 1 saturated heterocycles. The maximum absolute atomic E-state index is 13.0. The van der Waals surface area contributed by atoms with Crippen molar-refractivity contribution in [1.29, 1.82) is 0 Å². The predicted molar refractivity (Wildman–Crippen MR) is 100 cm³/mol. The van der Waals surface area contributed by atoms with E-state index in [1.807, 2.05) is 36.4 Å². The Morgan fingerprint density at radius 2 is 2.00 bits per heavy atom. The summed E-state index contributed by atoms with van der Waals surface area (Å²) >= 11 is 0. The van der Waals surface area contributed by atoms with E-state index < -0.39 is 6.10 Å². The molecule has 3 aromatic rings. The van der Waals surface area contributed by atoms with Crippen molar-refractivity contribution in [1.82, 2.24) is 9.55 Å². The third-order valence-corrected chi connectivity index (χ3v) is 4.37. The van der Waals surface area contributed by atoms with Crippen LogP contribution in [0.5, 0.6) is 0 Å². The van der Waals surface area contributed by atoms with Gasteiger partial charge in [-0.2, -0.15) is 0 Å². The van der Waals surface area contributed by atoms with Crippen LogP contribution in [0.2, 0.25) is 0 Å². The lowest BCUT2D eigenvalue weighted by Crippen LogP contribution is -2.20. The molecular weight excluding hydrogens is 346 g/mol. The lowest BCUT2D eigenvalue weighted by atomic mass is 10.1. The molecule has 0 spiro atoms. The number of ketones is 1. The van der Waals surface area contributed by atoms with Crippen molar-refractivity contribution < 1.29 is 19.1 Å². The highest BCUT2D eigenvalue weighted by molar-refractivity contribution is 6.13. The summed E-state index contributed by atoms with van der Waals surface area (Å²) in [5.74, 6) is -0.536. The molecule has 1 unspecified atom stereocenters. The molecule has 0 aliphatic carbocycles. The molecule has 1 aromatic carbocycles. The van der Waals surface area contributed by atoms with Gasteiger partial charge in [-0.05, 0) is 25.1 Å². The van der Waals surface area contributed by atoms with Crippen LogP contribution in [0.3, 0.4) is 0 Å². The average molecular weight is 365 g/mol. The molecule has 1 aliphatic heterocycles. The number of aromatic nitrogens is 2. The Labute approximate surface area is 155 Å². The lowest BCUT2D eigenvalue weighted by molar-refractivity contribution is -0.143. The Hall–Kier alpha value is -3.19. The summed E-state index contributed by atoms with van der Waals surface area (Å²) in [4.78, 5) is 29.2. The van der Waals surface area contributed by atoms with Crippen LogP contribution in [0.15, 0.2) is 48.8 Å². The fourth-order valence-corrected chi connectivity index (χ4v) is 3.12. The second kappa shape index (κ2) is 7.20. The number of fused-ring (bicyclic) bond motifs is 1. The van der Waals surface area contributed by atoms with E-state index in [2.05, 4.69) is 10.3 Å². The quantitative estimate of drug-likeness (QED) is 0.394. The number of hydrogen-bond acceptors (Lipinski definition) is 6. The number of nitrogens with zero attached hydrogens (tertiary/aromatic N) is 2. The number of ether oxygens (including phenoxy) is 2. The number of rotatable bonds is 7. The molecule has 0 saturated carbocycles. The van der Waals surface area contributed by atoms with Gasteiger partial charge >= 0.3 is 5.97 Å². The molecule has 1 N–H and O–H groups in total. The zero-order valence-electron chi connectivity index (χ0n) is 14.8. The van der Waals surface area contributed by atoms with Gasteiger partial charge in [-0.3, -0.25) is 14.6 Å². The first-order valence-corrected chi connectivity index (χ1v) is 8.78. The summed E-state index contributed by atoms with van der Waals surface area (Å²) in [6, 6.07) is 11.2. The van der Waals surface area contributed by atoms with Crippen molar-refractivity contribution in [2.24, 2.45) is 0 Å². The van der Waals surface area contributed by atoms with Gasteiger partial charge in [0.2, 0.25) is 5.78 Å². The molecule has 0 bridgehead atoms. The van der Waals surface area contributed by atoms with Gasteiger partial charge in [0.1, 0.15) is 18.3 Å². The molecule has 2 aromatic heterocycles. The van der Waals surface area contributed by atoms with Crippen molar-refractivity contribution in [3.05, 3.63) is 54.5 Å². The molecule has 3 heterocycles. The number of benzene rings is 1. The summed E-state index contributed by atoms with van der Waals surface area (Å²) < 4.78 is 12.0. The Morgan fingerprint density at radius 3 is 2.70 bits per heavy atom. The van der Waals surface area contributed by atoms with E-state index in [1.165, 1.54) is 0 Å². The van der Waals surface area contributed by atoms with Crippen LogP contribution in [0.1, 0.15) is 17.4 Å². The van der Waals surface area contributed by atoms with Crippen molar-refractivity contribution in [3.8, 4) is 0 Å². The van der Waals surface area contributed by atoms with Crippen LogP contribution < -0.4 is 5.32 Å². The Balaban J connectivity index is 1.87. The number of pyridine rings is 1. The number of anilines is 2. The molecule has 0 amide bonds. The number of esters is 1. The first-order chi connectivity index (χ1) is 13.2. The normalized spacial score (nSPS) is 15.5. The molecule has 0 radical (unpaired) electrons. The first kappa shape index (κ1) is 17.2. The summed E-state index contributed by atoms with van der Waals surface area (Å²) in [5, 5.41) is 4.17. The van der Waals surface area contributed by atoms with Crippen molar-refractivity contribution in [3.63, 3.8) is 0 Å². The minimum Gasteiger partial charge on any atom is -0.465 e. The van der Waals surface area contributed by atoms with Gasteiger partial charge in [-0.15, -0.1) is 0 Å². The van der Waals surface area contributed by atoms with Gasteiger partial charge in [0, 0.05) is 23.5 Å². The van der Waals surface area contributed by atoms with E-state index in [0.29, 0.717) is 18.0 Å². The van der Waals surface area contributed by atoms with Gasteiger partial charge in [-0.1, -0.05) is 18.2 Å². The second-order valence-electron chi connectivity index (χ2n) is 6.18.